The third-order valence-electron chi connectivity index (χ3n) is 5.92. The first-order valence-corrected chi connectivity index (χ1v) is 11.1. The maximum atomic E-state index is 13.4. The van der Waals surface area contributed by atoms with Crippen LogP contribution < -0.4 is 10.1 Å². The van der Waals surface area contributed by atoms with Crippen molar-refractivity contribution < 1.29 is 33.7 Å². The second-order valence-corrected chi connectivity index (χ2v) is 8.20. The number of hydrogen-bond donors (Lipinski definition) is 2. The summed E-state index contributed by atoms with van der Waals surface area (Å²) in [5.41, 5.74) is 1.74. The van der Waals surface area contributed by atoms with E-state index in [1.54, 1.807) is 13.3 Å². The van der Waals surface area contributed by atoms with Gasteiger partial charge in [-0.25, -0.2) is 14.6 Å². The average molecular weight is 465 g/mol. The van der Waals surface area contributed by atoms with Crippen molar-refractivity contribution in [2.75, 3.05) is 40.5 Å². The van der Waals surface area contributed by atoms with Gasteiger partial charge in [0.1, 0.15) is 0 Å². The van der Waals surface area contributed by atoms with Gasteiger partial charge in [-0.2, -0.15) is 0 Å². The van der Waals surface area contributed by atoms with E-state index < -0.39 is 18.3 Å². The molecule has 1 aromatic rings. The molecule has 2 N–H and O–H groups in total. The maximum absolute atomic E-state index is 13.4. The fourth-order valence-electron chi connectivity index (χ4n) is 3.99. The molecule has 1 saturated carbocycles. The lowest BCUT2D eigenvalue weighted by Gasteiger charge is -2.36. The van der Waals surface area contributed by atoms with Crippen LogP contribution in [0.4, 0.5) is 9.59 Å². The summed E-state index contributed by atoms with van der Waals surface area (Å²) in [5.74, 6) is 0.302. The SMILES string of the molecule is COC(=O)NCCCc1cc(C(C)N(C(=O)[C@H]2CN(C(=O)O)CCO2)C2CC2)cnc1OC. The van der Waals surface area contributed by atoms with E-state index >= 15 is 0 Å². The van der Waals surface area contributed by atoms with Gasteiger partial charge in [-0.15, -0.1) is 0 Å². The topological polar surface area (TPSA) is 131 Å². The van der Waals surface area contributed by atoms with Crippen molar-refractivity contribution >= 4 is 18.1 Å². The summed E-state index contributed by atoms with van der Waals surface area (Å²) in [5, 5.41) is 11.9. The number of rotatable bonds is 9. The summed E-state index contributed by atoms with van der Waals surface area (Å²) in [6, 6.07) is 1.81. The van der Waals surface area contributed by atoms with Crippen molar-refractivity contribution in [2.45, 2.75) is 50.8 Å². The number of ether oxygens (including phenoxy) is 3. The van der Waals surface area contributed by atoms with Gasteiger partial charge in [0.25, 0.3) is 5.91 Å². The fourth-order valence-corrected chi connectivity index (χ4v) is 3.99. The van der Waals surface area contributed by atoms with Crippen LogP contribution in [0.15, 0.2) is 12.3 Å². The molecule has 1 aliphatic heterocycles. The third-order valence-corrected chi connectivity index (χ3v) is 5.92. The van der Waals surface area contributed by atoms with Gasteiger partial charge in [-0.05, 0) is 44.2 Å². The third kappa shape index (κ3) is 6.25. The molecule has 3 amide bonds. The van der Waals surface area contributed by atoms with E-state index in [-0.39, 0.29) is 37.7 Å². The monoisotopic (exact) mass is 464 g/mol. The number of carbonyl (C=O) groups is 3. The minimum Gasteiger partial charge on any atom is -0.481 e. The first-order valence-electron chi connectivity index (χ1n) is 11.1. The molecule has 0 spiro atoms. The van der Waals surface area contributed by atoms with Crippen LogP contribution in [0.1, 0.15) is 43.4 Å². The van der Waals surface area contributed by atoms with Crippen LogP contribution in [0.2, 0.25) is 0 Å². The molecular formula is C22H32N4O7. The van der Waals surface area contributed by atoms with Gasteiger partial charge in [0.15, 0.2) is 6.10 Å². The number of aromatic nitrogens is 1. The fraction of sp³-hybridized carbons (Fsp3) is 0.636. The van der Waals surface area contributed by atoms with Gasteiger partial charge < -0.3 is 34.4 Å². The molecule has 2 fully saturated rings. The second-order valence-electron chi connectivity index (χ2n) is 8.20. The number of carbonyl (C=O) groups excluding carboxylic acids is 2. The number of nitrogens with one attached hydrogen (secondary N) is 1. The number of methoxy groups -OCH3 is 2. The highest BCUT2D eigenvalue weighted by atomic mass is 16.5. The van der Waals surface area contributed by atoms with Crippen molar-refractivity contribution in [3.8, 4) is 5.88 Å². The zero-order valence-corrected chi connectivity index (χ0v) is 19.3. The predicted molar refractivity (Wildman–Crippen MR) is 117 cm³/mol. The van der Waals surface area contributed by atoms with E-state index in [2.05, 4.69) is 15.0 Å². The molecule has 1 unspecified atom stereocenters. The largest absolute Gasteiger partial charge is 0.481 e. The van der Waals surface area contributed by atoms with E-state index in [1.807, 2.05) is 17.9 Å². The lowest BCUT2D eigenvalue weighted by Crippen LogP contribution is -2.53. The number of carboxylic acid groups (broad SMARTS) is 1. The molecule has 11 nitrogen and oxygen atoms in total. The number of pyridine rings is 1. The minimum atomic E-state index is -1.05. The molecule has 11 heteroatoms. The van der Waals surface area contributed by atoms with Crippen LogP contribution in [0, 0.1) is 0 Å². The average Bonchev–Trinajstić information content (AvgIpc) is 3.66. The Balaban J connectivity index is 1.72. The Bertz CT molecular complexity index is 861. The first kappa shape index (κ1) is 24.6. The van der Waals surface area contributed by atoms with Crippen LogP contribution in [0.3, 0.4) is 0 Å². The van der Waals surface area contributed by atoms with E-state index in [0.29, 0.717) is 25.3 Å². The summed E-state index contributed by atoms with van der Waals surface area (Å²) in [6.45, 7) is 2.88. The molecule has 3 rings (SSSR count). The molecule has 33 heavy (non-hydrogen) atoms. The summed E-state index contributed by atoms with van der Waals surface area (Å²) >= 11 is 0. The molecule has 182 valence electrons. The molecule has 1 aromatic heterocycles. The molecular weight excluding hydrogens is 432 g/mol. The number of aryl methyl sites for hydroxylation is 1. The lowest BCUT2D eigenvalue weighted by atomic mass is 10.0. The van der Waals surface area contributed by atoms with Crippen LogP contribution in [0.5, 0.6) is 5.88 Å². The van der Waals surface area contributed by atoms with E-state index in [4.69, 9.17) is 9.47 Å². The molecule has 0 bridgehead atoms. The Labute approximate surface area is 193 Å². The summed E-state index contributed by atoms with van der Waals surface area (Å²) in [4.78, 5) is 43.4. The normalized spacial score (nSPS) is 18.9. The van der Waals surface area contributed by atoms with Crippen LogP contribution in [0.25, 0.3) is 0 Å². The number of amides is 3. The highest BCUT2D eigenvalue weighted by molar-refractivity contribution is 5.83. The van der Waals surface area contributed by atoms with E-state index in [0.717, 1.165) is 24.0 Å². The summed E-state index contributed by atoms with van der Waals surface area (Å²) < 4.78 is 15.6. The Morgan fingerprint density at radius 1 is 1.36 bits per heavy atom. The smallest absolute Gasteiger partial charge is 0.407 e. The Hall–Kier alpha value is -3.08. The number of alkyl carbamates (subject to hydrolysis) is 1. The molecule has 2 heterocycles. The number of nitrogens with zero attached hydrogens (tertiary/aromatic N) is 3. The molecule has 1 saturated heterocycles. The van der Waals surface area contributed by atoms with E-state index in [9.17, 15) is 19.5 Å². The van der Waals surface area contributed by atoms with Crippen molar-refractivity contribution in [1.29, 1.82) is 0 Å². The molecule has 0 aromatic carbocycles. The van der Waals surface area contributed by atoms with Crippen molar-refractivity contribution in [1.82, 2.24) is 20.1 Å². The molecule has 0 radical (unpaired) electrons. The Morgan fingerprint density at radius 2 is 2.12 bits per heavy atom. The quantitative estimate of drug-likeness (QED) is 0.529. The van der Waals surface area contributed by atoms with Gasteiger partial charge in [0.05, 0.1) is 33.4 Å². The summed E-state index contributed by atoms with van der Waals surface area (Å²) in [7, 11) is 2.87. The first-order chi connectivity index (χ1) is 15.8. The minimum absolute atomic E-state index is 0.0312. The predicted octanol–water partition coefficient (Wildman–Crippen LogP) is 1.81. The number of hydrogen-bond acceptors (Lipinski definition) is 7. The van der Waals surface area contributed by atoms with Gasteiger partial charge in [-0.1, -0.05) is 0 Å². The standard InChI is InChI=1S/C22H32N4O7/c1-14(16-11-15(19(31-2)24-12-16)5-4-8-23-21(28)32-3)26(17-6-7-17)20(27)18-13-25(22(29)30)9-10-33-18/h11-12,14,17-18H,4-10,13H2,1-3H3,(H,23,28)(H,29,30)/t14?,18-/m1/s1. The van der Waals surface area contributed by atoms with Gasteiger partial charge >= 0.3 is 12.2 Å². The van der Waals surface area contributed by atoms with Crippen LogP contribution in [-0.2, 0) is 20.7 Å². The highest BCUT2D eigenvalue weighted by Gasteiger charge is 2.41. The van der Waals surface area contributed by atoms with E-state index in [1.165, 1.54) is 12.0 Å². The maximum Gasteiger partial charge on any atom is 0.407 e. The summed E-state index contributed by atoms with van der Waals surface area (Å²) in [6.07, 6.45) is 2.46. The van der Waals surface area contributed by atoms with Crippen LogP contribution >= 0.6 is 0 Å². The Kier molecular flexibility index (Phi) is 8.32. The van der Waals surface area contributed by atoms with Gasteiger partial charge in [0, 0.05) is 30.9 Å². The Morgan fingerprint density at radius 3 is 2.76 bits per heavy atom. The molecule has 1 aliphatic carbocycles. The van der Waals surface area contributed by atoms with Crippen molar-refractivity contribution in [3.05, 3.63) is 23.4 Å². The van der Waals surface area contributed by atoms with Gasteiger partial charge in [-0.3, -0.25) is 4.79 Å². The van der Waals surface area contributed by atoms with Crippen LogP contribution in [-0.4, -0.2) is 90.6 Å². The highest BCUT2D eigenvalue weighted by Crippen LogP contribution is 2.36. The van der Waals surface area contributed by atoms with Crippen molar-refractivity contribution in [2.24, 2.45) is 0 Å². The number of morpholine rings is 1. The lowest BCUT2D eigenvalue weighted by molar-refractivity contribution is -0.151. The van der Waals surface area contributed by atoms with Gasteiger partial charge in [0.2, 0.25) is 5.88 Å². The molecule has 2 aliphatic rings. The zero-order valence-electron chi connectivity index (χ0n) is 19.3. The zero-order chi connectivity index (χ0) is 24.0. The molecule has 2 atom stereocenters. The van der Waals surface area contributed by atoms with Crippen molar-refractivity contribution in [3.63, 3.8) is 0 Å². The second kappa shape index (κ2) is 11.2.